The molecule has 3 rings (SSSR count). The molecule has 0 heterocycles. The van der Waals surface area contributed by atoms with Crippen LogP contribution in [0.1, 0.15) is 110 Å². The molecule has 0 saturated heterocycles. The second-order valence-electron chi connectivity index (χ2n) is 8.68. The maximum Gasteiger partial charge on any atom is -0.0269 e. The van der Waals surface area contributed by atoms with E-state index >= 15 is 0 Å². The largest absolute Gasteiger partial charge is 0.0654 e. The number of rotatable bonds is 4. The third-order valence-corrected chi connectivity index (χ3v) is 7.56. The first-order valence-corrected chi connectivity index (χ1v) is 10.3. The van der Waals surface area contributed by atoms with E-state index in [9.17, 15) is 0 Å². The van der Waals surface area contributed by atoms with Crippen molar-refractivity contribution in [2.24, 2.45) is 23.2 Å². The van der Waals surface area contributed by atoms with Gasteiger partial charge in [-0.15, -0.1) is 0 Å². The Hall–Kier alpha value is 0. The molecule has 0 radical (unpaired) electrons. The highest BCUT2D eigenvalue weighted by Gasteiger charge is 2.42. The minimum atomic E-state index is 0.778. The molecule has 0 spiro atoms. The smallest absolute Gasteiger partial charge is 0.0269 e. The molecule has 3 fully saturated rings. The predicted octanol–water partition coefficient (Wildman–Crippen LogP) is 7.12. The van der Waals surface area contributed by atoms with E-state index in [1.54, 1.807) is 51.4 Å². The molecule has 3 aliphatic rings. The zero-order valence-corrected chi connectivity index (χ0v) is 14.5. The van der Waals surface area contributed by atoms with Gasteiger partial charge in [0.1, 0.15) is 0 Å². The van der Waals surface area contributed by atoms with Gasteiger partial charge in [0.25, 0.3) is 0 Å². The van der Waals surface area contributed by atoms with E-state index in [1.807, 2.05) is 0 Å². The van der Waals surface area contributed by atoms with E-state index in [2.05, 4.69) is 6.92 Å². The van der Waals surface area contributed by atoms with Crippen LogP contribution in [0.5, 0.6) is 0 Å². The maximum atomic E-state index is 2.43. The first kappa shape index (κ1) is 15.9. The van der Waals surface area contributed by atoms with Crippen molar-refractivity contribution in [3.63, 3.8) is 0 Å². The molecule has 0 aromatic rings. The zero-order valence-electron chi connectivity index (χ0n) is 14.5. The molecule has 0 N–H and O–H groups in total. The lowest BCUT2D eigenvalue weighted by molar-refractivity contribution is 0.0221. The van der Waals surface area contributed by atoms with Crippen molar-refractivity contribution in [2.45, 2.75) is 110 Å². The van der Waals surface area contributed by atoms with Gasteiger partial charge in [-0.3, -0.25) is 0 Å². The fraction of sp³-hybridized carbons (Fsp3) is 1.00. The Kier molecular flexibility index (Phi) is 5.68. The van der Waals surface area contributed by atoms with E-state index in [0.29, 0.717) is 0 Å². The summed E-state index contributed by atoms with van der Waals surface area (Å²) in [5.41, 5.74) is 0.778. The van der Waals surface area contributed by atoms with Crippen molar-refractivity contribution in [3.05, 3.63) is 0 Å². The van der Waals surface area contributed by atoms with Crippen molar-refractivity contribution in [2.75, 3.05) is 0 Å². The van der Waals surface area contributed by atoms with Crippen molar-refractivity contribution < 1.29 is 0 Å². The number of hydrogen-bond acceptors (Lipinski definition) is 0. The summed E-state index contributed by atoms with van der Waals surface area (Å²) in [6.45, 7) is 2.43. The van der Waals surface area contributed by atoms with Crippen LogP contribution in [0.4, 0.5) is 0 Å². The standard InChI is InChI=1S/C21H38/c1-2-15-21(20-11-7-4-8-12-20)16-13-19(14-17-21)18-9-5-3-6-10-18/h18-20H,2-17H2,1H3. The Balaban J connectivity index is 1.59. The average molecular weight is 291 g/mol. The van der Waals surface area contributed by atoms with Crippen LogP contribution in [-0.4, -0.2) is 0 Å². The summed E-state index contributed by atoms with van der Waals surface area (Å²) in [5.74, 6) is 3.32. The average Bonchev–Trinajstić information content (AvgIpc) is 2.57. The molecule has 0 amide bonds. The van der Waals surface area contributed by atoms with Crippen molar-refractivity contribution in [3.8, 4) is 0 Å². The van der Waals surface area contributed by atoms with Gasteiger partial charge < -0.3 is 0 Å². The molecule has 0 nitrogen and oxygen atoms in total. The van der Waals surface area contributed by atoms with E-state index in [1.165, 1.54) is 51.4 Å². The normalized spacial score (nSPS) is 36.7. The van der Waals surface area contributed by atoms with Crippen LogP contribution in [0.15, 0.2) is 0 Å². The first-order valence-electron chi connectivity index (χ1n) is 10.3. The summed E-state index contributed by atoms with van der Waals surface area (Å²) < 4.78 is 0. The topological polar surface area (TPSA) is 0 Å². The zero-order chi connectivity index (χ0) is 14.5. The lowest BCUT2D eigenvalue weighted by atomic mass is 9.56. The molecule has 0 aromatic carbocycles. The SMILES string of the molecule is CCCC1(C2CCCCC2)CCC(C2CCCCC2)CC1. The van der Waals surface area contributed by atoms with E-state index < -0.39 is 0 Å². The van der Waals surface area contributed by atoms with Gasteiger partial charge in [-0.25, -0.2) is 0 Å². The summed E-state index contributed by atoms with van der Waals surface area (Å²) in [7, 11) is 0. The third kappa shape index (κ3) is 3.67. The molecular weight excluding hydrogens is 252 g/mol. The van der Waals surface area contributed by atoms with Gasteiger partial charge in [-0.05, 0) is 68.1 Å². The second kappa shape index (κ2) is 7.51. The highest BCUT2D eigenvalue weighted by atomic mass is 14.5. The van der Waals surface area contributed by atoms with Crippen LogP contribution < -0.4 is 0 Å². The summed E-state index contributed by atoms with van der Waals surface area (Å²) in [5, 5.41) is 0. The van der Waals surface area contributed by atoms with Crippen LogP contribution in [0.2, 0.25) is 0 Å². The Labute approximate surface area is 133 Å². The summed E-state index contributed by atoms with van der Waals surface area (Å²) in [6, 6.07) is 0. The van der Waals surface area contributed by atoms with Crippen LogP contribution >= 0.6 is 0 Å². The molecule has 3 aliphatic carbocycles. The van der Waals surface area contributed by atoms with Crippen LogP contribution in [0, 0.1) is 23.2 Å². The molecule has 122 valence electrons. The van der Waals surface area contributed by atoms with Crippen LogP contribution in [-0.2, 0) is 0 Å². The molecule has 0 atom stereocenters. The Morgan fingerprint density at radius 2 is 1.19 bits per heavy atom. The summed E-state index contributed by atoms with van der Waals surface area (Å²) >= 11 is 0. The van der Waals surface area contributed by atoms with E-state index in [-0.39, 0.29) is 0 Å². The van der Waals surface area contributed by atoms with Gasteiger partial charge in [0.2, 0.25) is 0 Å². The fourth-order valence-electron chi connectivity index (χ4n) is 6.37. The van der Waals surface area contributed by atoms with Crippen LogP contribution in [0.25, 0.3) is 0 Å². The fourth-order valence-corrected chi connectivity index (χ4v) is 6.37. The van der Waals surface area contributed by atoms with Crippen molar-refractivity contribution >= 4 is 0 Å². The Bertz CT molecular complexity index is 285. The summed E-state index contributed by atoms with van der Waals surface area (Å²) in [6.07, 6.45) is 24.7. The van der Waals surface area contributed by atoms with Gasteiger partial charge in [0.15, 0.2) is 0 Å². The Morgan fingerprint density at radius 3 is 1.76 bits per heavy atom. The summed E-state index contributed by atoms with van der Waals surface area (Å²) in [4.78, 5) is 0. The Morgan fingerprint density at radius 1 is 0.667 bits per heavy atom. The van der Waals surface area contributed by atoms with Crippen molar-refractivity contribution in [1.29, 1.82) is 0 Å². The van der Waals surface area contributed by atoms with Gasteiger partial charge in [0.05, 0.1) is 0 Å². The monoisotopic (exact) mass is 290 g/mol. The lowest BCUT2D eigenvalue weighted by Gasteiger charge is -2.49. The first-order chi connectivity index (χ1) is 10.3. The number of hydrogen-bond donors (Lipinski definition) is 0. The van der Waals surface area contributed by atoms with Gasteiger partial charge in [0, 0.05) is 0 Å². The minimum Gasteiger partial charge on any atom is -0.0654 e. The maximum absolute atomic E-state index is 2.43. The van der Waals surface area contributed by atoms with Gasteiger partial charge in [-0.2, -0.15) is 0 Å². The van der Waals surface area contributed by atoms with Gasteiger partial charge in [-0.1, -0.05) is 64.7 Å². The molecular formula is C21H38. The molecule has 21 heavy (non-hydrogen) atoms. The van der Waals surface area contributed by atoms with Gasteiger partial charge >= 0.3 is 0 Å². The third-order valence-electron chi connectivity index (χ3n) is 7.56. The molecule has 0 heteroatoms. The predicted molar refractivity (Wildman–Crippen MR) is 92.4 cm³/mol. The minimum absolute atomic E-state index is 0.778. The molecule has 0 bridgehead atoms. The second-order valence-corrected chi connectivity index (χ2v) is 8.68. The highest BCUT2D eigenvalue weighted by molar-refractivity contribution is 4.93. The quantitative estimate of drug-likeness (QED) is 0.517. The van der Waals surface area contributed by atoms with Crippen molar-refractivity contribution in [1.82, 2.24) is 0 Å². The molecule has 3 saturated carbocycles. The lowest BCUT2D eigenvalue weighted by Crippen LogP contribution is -2.37. The highest BCUT2D eigenvalue weighted by Crippen LogP contribution is 2.54. The van der Waals surface area contributed by atoms with Crippen LogP contribution in [0.3, 0.4) is 0 Å². The van der Waals surface area contributed by atoms with E-state index in [0.717, 1.165) is 23.2 Å². The molecule has 0 unspecified atom stereocenters. The molecule has 0 aliphatic heterocycles. The van der Waals surface area contributed by atoms with E-state index in [4.69, 9.17) is 0 Å². The molecule has 0 aromatic heterocycles.